The molecule has 0 amide bonds. The van der Waals surface area contributed by atoms with E-state index in [-0.39, 0.29) is 41.9 Å². The van der Waals surface area contributed by atoms with Crippen molar-refractivity contribution in [2.24, 2.45) is 22.6 Å². The van der Waals surface area contributed by atoms with Gasteiger partial charge in [-0.1, -0.05) is 69.3 Å². The molecule has 17 nitrogen and oxygen atoms in total. The fourth-order valence-corrected chi connectivity index (χ4v) is 10.1. The van der Waals surface area contributed by atoms with Crippen molar-refractivity contribution < 1.29 is 77.3 Å². The summed E-state index contributed by atoms with van der Waals surface area (Å²) in [5, 5.41) is 41.8. The van der Waals surface area contributed by atoms with E-state index in [0.29, 0.717) is 17.6 Å². The molecule has 18 heteroatoms. The lowest BCUT2D eigenvalue weighted by molar-refractivity contribution is -0.464. The van der Waals surface area contributed by atoms with Crippen LogP contribution in [0.2, 0.25) is 0 Å². The monoisotopic (exact) mass is 857 g/mol. The van der Waals surface area contributed by atoms with Gasteiger partial charge in [0.05, 0.1) is 36.0 Å². The number of carbonyl (C=O) groups excluding carboxylic acids is 5. The summed E-state index contributed by atoms with van der Waals surface area (Å²) in [5.74, 6) is -1.91. The molecule has 1 heterocycles. The van der Waals surface area contributed by atoms with E-state index in [4.69, 9.17) is 29.6 Å². The molecule has 1 aliphatic heterocycles. The lowest BCUT2D eigenvalue weighted by Gasteiger charge is -2.67. The van der Waals surface area contributed by atoms with Crippen LogP contribution >= 0.6 is 12.0 Å². The topological polar surface area (TPSA) is 246 Å². The number of ether oxygens (including phenoxy) is 5. The summed E-state index contributed by atoms with van der Waals surface area (Å²) in [5.41, 5.74) is -6.81. The summed E-state index contributed by atoms with van der Waals surface area (Å²) in [4.78, 5) is 73.5. The summed E-state index contributed by atoms with van der Waals surface area (Å²) in [6.07, 6.45) is -10.2. The van der Waals surface area contributed by atoms with Gasteiger partial charge in [0.25, 0.3) is 0 Å². The highest BCUT2D eigenvalue weighted by Crippen LogP contribution is 2.64. The van der Waals surface area contributed by atoms with Gasteiger partial charge in [0, 0.05) is 48.9 Å². The van der Waals surface area contributed by atoms with Gasteiger partial charge in [-0.2, -0.15) is 5.90 Å². The minimum absolute atomic E-state index is 0.0180. The lowest BCUT2D eigenvalue weighted by atomic mass is 9.44. The van der Waals surface area contributed by atoms with Crippen molar-refractivity contribution in [2.45, 2.75) is 115 Å². The number of carbonyl (C=O) groups is 5. The quantitative estimate of drug-likeness (QED) is 0.0405. The summed E-state index contributed by atoms with van der Waals surface area (Å²) < 4.78 is 34.7. The lowest BCUT2D eigenvalue weighted by Crippen LogP contribution is -2.81. The maximum absolute atomic E-state index is 15.0. The Morgan fingerprint density at radius 3 is 2.25 bits per heavy atom. The zero-order chi connectivity index (χ0) is 43.8. The average Bonchev–Trinajstić information content (AvgIpc) is 3.21. The molecular weight excluding hydrogens is 807 g/mol. The molecule has 0 spiro atoms. The molecule has 3 fully saturated rings. The molecule has 0 radical (unpaired) electrons. The molecule has 2 aromatic carbocycles. The highest BCUT2D eigenvalue weighted by molar-refractivity contribution is 7.94. The largest absolute Gasteiger partial charge is 0.455 e. The number of fused-ring (bicyclic) bond motifs is 5. The average molecular weight is 858 g/mol. The molecule has 3 aliphatic carbocycles. The van der Waals surface area contributed by atoms with E-state index in [9.17, 15) is 34.5 Å². The first-order chi connectivity index (χ1) is 28.3. The van der Waals surface area contributed by atoms with Crippen molar-refractivity contribution in [3.8, 4) is 0 Å². The second-order valence-electron chi connectivity index (χ2n) is 16.5. The van der Waals surface area contributed by atoms with E-state index in [1.165, 1.54) is 26.0 Å². The van der Waals surface area contributed by atoms with E-state index in [1.54, 1.807) is 69.3 Å². The maximum atomic E-state index is 15.0. The number of aliphatic hydroxyl groups is 3. The van der Waals surface area contributed by atoms with Crippen LogP contribution in [0.4, 0.5) is 0 Å². The molecule has 11 atom stereocenters. The van der Waals surface area contributed by atoms with Gasteiger partial charge in [0.15, 0.2) is 11.4 Å². The van der Waals surface area contributed by atoms with Crippen LogP contribution in [0, 0.1) is 16.7 Å². The van der Waals surface area contributed by atoms with Crippen molar-refractivity contribution in [1.29, 1.82) is 0 Å². The second-order valence-corrected chi connectivity index (χ2v) is 17.3. The Balaban J connectivity index is 1.46. The number of esters is 4. The van der Waals surface area contributed by atoms with E-state index in [2.05, 4.69) is 14.4 Å². The van der Waals surface area contributed by atoms with Gasteiger partial charge in [-0.25, -0.2) is 9.59 Å². The third-order valence-electron chi connectivity index (χ3n) is 13.0. The normalized spacial score (nSPS) is 32.7. The number of hydrogen-bond donors (Lipinski definition) is 4. The van der Waals surface area contributed by atoms with Gasteiger partial charge < -0.3 is 39.0 Å². The molecule has 0 aromatic heterocycles. The van der Waals surface area contributed by atoms with Gasteiger partial charge >= 0.3 is 23.9 Å². The predicted octanol–water partition coefficient (Wildman–Crippen LogP) is 3.14. The van der Waals surface area contributed by atoms with Crippen LogP contribution in [0.3, 0.4) is 0 Å². The summed E-state index contributed by atoms with van der Waals surface area (Å²) >= 11 is 0.689. The molecule has 2 saturated carbocycles. The number of aliphatic hydroxyl groups excluding tert-OH is 2. The number of benzene rings is 2. The molecule has 6 rings (SSSR count). The smallest absolute Gasteiger partial charge is 0.348 e. The van der Waals surface area contributed by atoms with Gasteiger partial charge in [0.1, 0.15) is 30.0 Å². The van der Waals surface area contributed by atoms with Crippen LogP contribution in [-0.2, 0) is 57.2 Å². The minimum Gasteiger partial charge on any atom is -0.455 e. The summed E-state index contributed by atoms with van der Waals surface area (Å²) in [6.45, 7) is 8.60. The molecule has 1 saturated heterocycles. The molecule has 2 bridgehead atoms. The first-order valence-electron chi connectivity index (χ1n) is 19.5. The van der Waals surface area contributed by atoms with Crippen LogP contribution in [0.5, 0.6) is 0 Å². The van der Waals surface area contributed by atoms with Crippen LogP contribution in [0.1, 0.15) is 82.6 Å². The number of nitrogens with two attached hydrogens (primary N) is 1. The van der Waals surface area contributed by atoms with E-state index in [0.717, 1.165) is 6.92 Å². The Morgan fingerprint density at radius 2 is 1.65 bits per heavy atom. The Labute approximate surface area is 350 Å². The summed E-state index contributed by atoms with van der Waals surface area (Å²) in [6, 6.07) is 16.6. The van der Waals surface area contributed by atoms with E-state index >= 15 is 4.79 Å². The number of rotatable bonds is 14. The Bertz CT molecular complexity index is 1980. The van der Waals surface area contributed by atoms with Crippen molar-refractivity contribution in [3.63, 3.8) is 0 Å². The standard InChI is InChI=1S/C42H51NO16S/c1-22(25-13-9-7-10-14-25)33(54-30(46)17-18-60-59-58-57-43)38(50)53-27-20-42(51)36(55-37(49)26-15-11-8-12-16-26)34-40(6,35(48)32(47)31(23(27)2)39(42,4)5)28(45)19-29-41(34,21-52-29)56-24(3)44/h7-16,22,27-29,32-34,36,45,47,51H,17-21,43H2,1-6H3/t22?,27?,28?,29?,32?,33?,34?,36?,40?,41-,42?/m0/s1. The highest BCUT2D eigenvalue weighted by atomic mass is 32.2. The van der Waals surface area contributed by atoms with Crippen LogP contribution in [0.25, 0.3) is 0 Å². The number of hydrogen-bond acceptors (Lipinski definition) is 18. The molecular formula is C42H51NO16S. The van der Waals surface area contributed by atoms with Crippen molar-refractivity contribution in [1.82, 2.24) is 0 Å². The molecule has 4 aliphatic rings. The highest BCUT2D eigenvalue weighted by Gasteiger charge is 2.78. The SMILES string of the molecule is CC(=O)O[C@@]12COC1CC(O)C1(C)C(=O)C(O)C3=C(C)C(OC(=O)C(OC(=O)CCSOOON)C(C)c4ccccc4)CC(O)(C(OC(=O)c4ccccc4)C12)C3(C)C. The van der Waals surface area contributed by atoms with Crippen molar-refractivity contribution in [3.05, 3.63) is 82.9 Å². The second kappa shape index (κ2) is 17.6. The summed E-state index contributed by atoms with van der Waals surface area (Å²) in [7, 11) is 0. The third kappa shape index (κ3) is 7.89. The number of Topliss-reactive ketones (excluding diaryl/α,β-unsaturated/α-hetero) is 1. The zero-order valence-corrected chi connectivity index (χ0v) is 34.9. The molecule has 2 aromatic rings. The molecule has 5 N–H and O–H groups in total. The Morgan fingerprint density at radius 1 is 1.00 bits per heavy atom. The van der Waals surface area contributed by atoms with E-state index < -0.39 is 107 Å². The number of ketones is 1. The fourth-order valence-electron chi connectivity index (χ4n) is 9.66. The van der Waals surface area contributed by atoms with Crippen LogP contribution in [0.15, 0.2) is 71.8 Å². The molecule has 326 valence electrons. The van der Waals surface area contributed by atoms with Crippen LogP contribution in [-0.4, -0.2) is 105 Å². The maximum Gasteiger partial charge on any atom is 0.348 e. The van der Waals surface area contributed by atoms with Gasteiger partial charge in [-0.3, -0.25) is 14.4 Å². The van der Waals surface area contributed by atoms with E-state index in [1.807, 2.05) is 0 Å². The minimum atomic E-state index is -2.33. The fraction of sp³-hybridized carbons (Fsp3) is 0.548. The first kappa shape index (κ1) is 45.3. The van der Waals surface area contributed by atoms with Gasteiger partial charge in [0.2, 0.25) is 6.10 Å². The predicted molar refractivity (Wildman–Crippen MR) is 208 cm³/mol. The Hall–Kier alpha value is -4.24. The van der Waals surface area contributed by atoms with Crippen LogP contribution < -0.4 is 5.90 Å². The Kier molecular flexibility index (Phi) is 13.3. The van der Waals surface area contributed by atoms with Gasteiger partial charge in [-0.15, -0.1) is 9.32 Å². The third-order valence-corrected chi connectivity index (χ3v) is 13.5. The first-order valence-corrected chi connectivity index (χ1v) is 20.4. The molecule has 60 heavy (non-hydrogen) atoms. The zero-order valence-electron chi connectivity index (χ0n) is 34.1. The van der Waals surface area contributed by atoms with Crippen molar-refractivity contribution >= 4 is 41.7 Å². The molecule has 10 unspecified atom stereocenters. The van der Waals surface area contributed by atoms with Crippen molar-refractivity contribution in [2.75, 3.05) is 12.4 Å². The van der Waals surface area contributed by atoms with Gasteiger partial charge in [-0.05, 0) is 47.7 Å².